The van der Waals surface area contributed by atoms with Gasteiger partial charge in [0.05, 0.1) is 11.4 Å². The molecule has 84 valence electrons. The zero-order valence-electron chi connectivity index (χ0n) is 8.97. The first kappa shape index (κ1) is 9.97. The first-order valence-electron chi connectivity index (χ1n) is 5.41. The Hall–Kier alpha value is -2.22. The summed E-state index contributed by atoms with van der Waals surface area (Å²) < 4.78 is 14.7. The number of nitrogens with zero attached hydrogens (tertiary/aromatic N) is 4. The molecule has 1 fully saturated rings. The van der Waals surface area contributed by atoms with Crippen molar-refractivity contribution < 1.29 is 4.39 Å². The van der Waals surface area contributed by atoms with Gasteiger partial charge >= 0.3 is 0 Å². The number of rotatable bonds is 2. The van der Waals surface area contributed by atoms with E-state index in [-0.39, 0.29) is 5.82 Å². The SMILES string of the molecule is N#Cc1nnn(-c2cccc(F)c2)c1C1CC1. The van der Waals surface area contributed by atoms with Crippen LogP contribution in [0.1, 0.15) is 30.1 Å². The first-order valence-corrected chi connectivity index (χ1v) is 5.41. The van der Waals surface area contributed by atoms with Crippen LogP contribution < -0.4 is 0 Å². The molecule has 0 bridgehead atoms. The summed E-state index contributed by atoms with van der Waals surface area (Å²) in [5.74, 6) is 0.0150. The van der Waals surface area contributed by atoms with E-state index in [1.54, 1.807) is 16.8 Å². The van der Waals surface area contributed by atoms with Crippen LogP contribution >= 0.6 is 0 Å². The molecule has 1 aromatic carbocycles. The topological polar surface area (TPSA) is 54.5 Å². The van der Waals surface area contributed by atoms with E-state index in [9.17, 15) is 4.39 Å². The molecular formula is C12H9FN4. The van der Waals surface area contributed by atoms with Gasteiger partial charge in [0.2, 0.25) is 0 Å². The van der Waals surface area contributed by atoms with Crippen molar-refractivity contribution in [1.29, 1.82) is 5.26 Å². The fraction of sp³-hybridized carbons (Fsp3) is 0.250. The molecule has 5 heteroatoms. The summed E-state index contributed by atoms with van der Waals surface area (Å²) >= 11 is 0. The summed E-state index contributed by atoms with van der Waals surface area (Å²) in [4.78, 5) is 0. The Labute approximate surface area is 97.3 Å². The highest BCUT2D eigenvalue weighted by atomic mass is 19.1. The Morgan fingerprint density at radius 3 is 2.88 bits per heavy atom. The van der Waals surface area contributed by atoms with Gasteiger partial charge in [-0.1, -0.05) is 11.3 Å². The number of halogens is 1. The molecule has 1 aromatic heterocycles. The molecule has 1 saturated carbocycles. The third kappa shape index (κ3) is 1.68. The van der Waals surface area contributed by atoms with E-state index in [2.05, 4.69) is 10.3 Å². The van der Waals surface area contributed by atoms with E-state index in [0.717, 1.165) is 18.5 Å². The minimum atomic E-state index is -0.321. The van der Waals surface area contributed by atoms with E-state index in [1.165, 1.54) is 12.1 Å². The highest BCUT2D eigenvalue weighted by Crippen LogP contribution is 2.41. The van der Waals surface area contributed by atoms with Gasteiger partial charge in [-0.15, -0.1) is 5.10 Å². The second-order valence-electron chi connectivity index (χ2n) is 4.10. The number of hydrogen-bond acceptors (Lipinski definition) is 3. The van der Waals surface area contributed by atoms with Crippen molar-refractivity contribution in [3.63, 3.8) is 0 Å². The zero-order valence-corrected chi connectivity index (χ0v) is 8.97. The molecule has 1 heterocycles. The van der Waals surface area contributed by atoms with Gasteiger partial charge in [-0.05, 0) is 31.0 Å². The van der Waals surface area contributed by atoms with Crippen LogP contribution in [0.5, 0.6) is 0 Å². The number of hydrogen-bond donors (Lipinski definition) is 0. The van der Waals surface area contributed by atoms with Crippen molar-refractivity contribution in [1.82, 2.24) is 15.0 Å². The van der Waals surface area contributed by atoms with Crippen LogP contribution in [-0.2, 0) is 0 Å². The maximum Gasteiger partial charge on any atom is 0.186 e. The largest absolute Gasteiger partial charge is 0.216 e. The number of nitriles is 1. The van der Waals surface area contributed by atoms with E-state index in [4.69, 9.17) is 5.26 Å². The monoisotopic (exact) mass is 228 g/mol. The van der Waals surface area contributed by atoms with Crippen LogP contribution in [0.25, 0.3) is 5.69 Å². The molecule has 0 atom stereocenters. The Morgan fingerprint density at radius 2 is 2.24 bits per heavy atom. The van der Waals surface area contributed by atoms with Crippen LogP contribution in [-0.4, -0.2) is 15.0 Å². The molecule has 17 heavy (non-hydrogen) atoms. The van der Waals surface area contributed by atoms with Gasteiger partial charge in [-0.25, -0.2) is 9.07 Å². The average Bonchev–Trinajstić information content (AvgIpc) is 3.08. The maximum absolute atomic E-state index is 13.2. The second kappa shape index (κ2) is 3.67. The van der Waals surface area contributed by atoms with E-state index in [1.807, 2.05) is 6.07 Å². The van der Waals surface area contributed by atoms with Crippen LogP contribution in [0.4, 0.5) is 4.39 Å². The quantitative estimate of drug-likeness (QED) is 0.791. The second-order valence-corrected chi connectivity index (χ2v) is 4.10. The molecule has 3 rings (SSSR count). The van der Waals surface area contributed by atoms with Crippen molar-refractivity contribution in [2.24, 2.45) is 0 Å². The molecule has 0 unspecified atom stereocenters. The fourth-order valence-corrected chi connectivity index (χ4v) is 1.89. The number of benzene rings is 1. The van der Waals surface area contributed by atoms with Crippen molar-refractivity contribution in [2.75, 3.05) is 0 Å². The molecule has 0 saturated heterocycles. The summed E-state index contributed by atoms with van der Waals surface area (Å²) in [7, 11) is 0. The van der Waals surface area contributed by atoms with E-state index >= 15 is 0 Å². The van der Waals surface area contributed by atoms with Gasteiger partial charge in [0.1, 0.15) is 11.9 Å². The Balaban J connectivity index is 2.15. The predicted octanol–water partition coefficient (Wildman–Crippen LogP) is 2.16. The summed E-state index contributed by atoms with van der Waals surface area (Å²) in [5, 5.41) is 16.7. The lowest BCUT2D eigenvalue weighted by Crippen LogP contribution is -2.02. The lowest BCUT2D eigenvalue weighted by atomic mass is 10.2. The highest BCUT2D eigenvalue weighted by molar-refractivity contribution is 5.39. The maximum atomic E-state index is 13.2. The average molecular weight is 228 g/mol. The van der Waals surface area contributed by atoms with Crippen LogP contribution in [0.2, 0.25) is 0 Å². The smallest absolute Gasteiger partial charge is 0.186 e. The standard InChI is InChI=1S/C12H9FN4/c13-9-2-1-3-10(6-9)17-12(8-4-5-8)11(7-14)15-16-17/h1-3,6,8H,4-5H2. The van der Waals surface area contributed by atoms with Crippen LogP contribution in [0.15, 0.2) is 24.3 Å². The Kier molecular flexibility index (Phi) is 2.15. The lowest BCUT2D eigenvalue weighted by Gasteiger charge is -2.04. The molecule has 1 aliphatic rings. The van der Waals surface area contributed by atoms with Crippen molar-refractivity contribution >= 4 is 0 Å². The van der Waals surface area contributed by atoms with Gasteiger partial charge in [0.15, 0.2) is 5.69 Å². The molecule has 0 N–H and O–H groups in total. The van der Waals surface area contributed by atoms with Gasteiger partial charge in [0, 0.05) is 5.92 Å². The number of aromatic nitrogens is 3. The molecule has 0 spiro atoms. The molecule has 2 aromatic rings. The Bertz CT molecular complexity index is 607. The van der Waals surface area contributed by atoms with E-state index in [0.29, 0.717) is 17.3 Å². The molecule has 4 nitrogen and oxygen atoms in total. The summed E-state index contributed by atoms with van der Waals surface area (Å²) in [5.41, 5.74) is 1.76. The lowest BCUT2D eigenvalue weighted by molar-refractivity contribution is 0.624. The van der Waals surface area contributed by atoms with Gasteiger partial charge < -0.3 is 0 Å². The van der Waals surface area contributed by atoms with Gasteiger partial charge in [-0.2, -0.15) is 5.26 Å². The molecule has 0 amide bonds. The third-order valence-corrected chi connectivity index (χ3v) is 2.83. The van der Waals surface area contributed by atoms with Gasteiger partial charge in [0.25, 0.3) is 0 Å². The molecule has 0 radical (unpaired) electrons. The third-order valence-electron chi connectivity index (χ3n) is 2.83. The minimum absolute atomic E-state index is 0.321. The molecular weight excluding hydrogens is 219 g/mol. The van der Waals surface area contributed by atoms with Crippen molar-refractivity contribution in [3.05, 3.63) is 41.5 Å². The normalized spacial score (nSPS) is 14.6. The van der Waals surface area contributed by atoms with Crippen LogP contribution in [0.3, 0.4) is 0 Å². The van der Waals surface area contributed by atoms with E-state index < -0.39 is 0 Å². The molecule has 1 aliphatic carbocycles. The first-order chi connectivity index (χ1) is 8.29. The summed E-state index contributed by atoms with van der Waals surface area (Å²) in [6.07, 6.45) is 2.08. The summed E-state index contributed by atoms with van der Waals surface area (Å²) in [6, 6.07) is 8.18. The highest BCUT2D eigenvalue weighted by Gasteiger charge is 2.31. The zero-order chi connectivity index (χ0) is 11.8. The summed E-state index contributed by atoms with van der Waals surface area (Å²) in [6.45, 7) is 0. The van der Waals surface area contributed by atoms with Gasteiger partial charge in [-0.3, -0.25) is 0 Å². The fourth-order valence-electron chi connectivity index (χ4n) is 1.89. The minimum Gasteiger partial charge on any atom is -0.216 e. The predicted molar refractivity (Wildman–Crippen MR) is 58.0 cm³/mol. The molecule has 0 aliphatic heterocycles. The van der Waals surface area contributed by atoms with Crippen LogP contribution in [0, 0.1) is 17.1 Å². The Morgan fingerprint density at radius 1 is 1.41 bits per heavy atom. The van der Waals surface area contributed by atoms with Crippen molar-refractivity contribution in [3.8, 4) is 11.8 Å². The van der Waals surface area contributed by atoms with Crippen molar-refractivity contribution in [2.45, 2.75) is 18.8 Å².